The van der Waals surface area contributed by atoms with Crippen molar-refractivity contribution in [2.24, 2.45) is 0 Å². The lowest BCUT2D eigenvalue weighted by atomic mass is 10.1. The van der Waals surface area contributed by atoms with Crippen LogP contribution in [0.15, 0.2) is 42.5 Å². The lowest BCUT2D eigenvalue weighted by molar-refractivity contribution is 0.191. The van der Waals surface area contributed by atoms with Crippen molar-refractivity contribution in [2.45, 2.75) is 13.0 Å². The molecule has 1 atom stereocenters. The third kappa shape index (κ3) is 3.69. The molecule has 0 saturated carbocycles. The van der Waals surface area contributed by atoms with Crippen LogP contribution < -0.4 is 5.32 Å². The van der Waals surface area contributed by atoms with Crippen LogP contribution in [0.2, 0.25) is 5.02 Å². The molecule has 2 N–H and O–H groups in total. The van der Waals surface area contributed by atoms with Gasteiger partial charge < -0.3 is 10.4 Å². The zero-order chi connectivity index (χ0) is 13.8. The Labute approximate surface area is 116 Å². The van der Waals surface area contributed by atoms with Crippen LogP contribution in [-0.2, 0) is 0 Å². The SMILES string of the molecule is Cc1ccc(NCC(O)c2ccc(Cl)cc2)cc1F. The largest absolute Gasteiger partial charge is 0.387 e. The maximum Gasteiger partial charge on any atom is 0.128 e. The summed E-state index contributed by atoms with van der Waals surface area (Å²) in [6.45, 7) is 2.02. The summed E-state index contributed by atoms with van der Waals surface area (Å²) in [6.07, 6.45) is -0.665. The molecule has 2 rings (SSSR count). The Kier molecular flexibility index (Phi) is 4.40. The van der Waals surface area contributed by atoms with Gasteiger partial charge in [-0.05, 0) is 42.3 Å². The Hall–Kier alpha value is -1.58. The van der Waals surface area contributed by atoms with Crippen molar-refractivity contribution in [3.05, 3.63) is 64.4 Å². The van der Waals surface area contributed by atoms with E-state index in [4.69, 9.17) is 11.6 Å². The quantitative estimate of drug-likeness (QED) is 0.889. The number of aryl methyl sites for hydroxylation is 1. The Balaban J connectivity index is 1.98. The van der Waals surface area contributed by atoms with Gasteiger partial charge >= 0.3 is 0 Å². The molecular formula is C15H15ClFNO. The fraction of sp³-hybridized carbons (Fsp3) is 0.200. The fourth-order valence-electron chi connectivity index (χ4n) is 1.72. The van der Waals surface area contributed by atoms with Crippen molar-refractivity contribution in [3.63, 3.8) is 0 Å². The van der Waals surface area contributed by atoms with Crippen LogP contribution in [0, 0.1) is 12.7 Å². The molecule has 0 amide bonds. The summed E-state index contributed by atoms with van der Waals surface area (Å²) in [7, 11) is 0. The van der Waals surface area contributed by atoms with E-state index >= 15 is 0 Å². The lowest BCUT2D eigenvalue weighted by Crippen LogP contribution is -2.12. The number of hydrogen-bond acceptors (Lipinski definition) is 2. The highest BCUT2D eigenvalue weighted by Gasteiger charge is 2.07. The second kappa shape index (κ2) is 6.04. The summed E-state index contributed by atoms with van der Waals surface area (Å²) < 4.78 is 13.4. The minimum Gasteiger partial charge on any atom is -0.387 e. The first-order valence-corrected chi connectivity index (χ1v) is 6.37. The van der Waals surface area contributed by atoms with Crippen LogP contribution >= 0.6 is 11.6 Å². The van der Waals surface area contributed by atoms with Crippen LogP contribution in [0.5, 0.6) is 0 Å². The summed E-state index contributed by atoms with van der Waals surface area (Å²) in [5.41, 5.74) is 2.02. The summed E-state index contributed by atoms with van der Waals surface area (Å²) >= 11 is 5.78. The van der Waals surface area contributed by atoms with Crippen molar-refractivity contribution < 1.29 is 9.50 Å². The average molecular weight is 280 g/mol. The molecule has 0 bridgehead atoms. The zero-order valence-corrected chi connectivity index (χ0v) is 11.3. The summed E-state index contributed by atoms with van der Waals surface area (Å²) in [6, 6.07) is 11.9. The molecule has 0 aromatic heterocycles. The van der Waals surface area contributed by atoms with Gasteiger partial charge in [0.25, 0.3) is 0 Å². The topological polar surface area (TPSA) is 32.3 Å². The minimum absolute atomic E-state index is 0.258. The molecule has 0 radical (unpaired) electrons. The number of benzene rings is 2. The second-order valence-electron chi connectivity index (χ2n) is 4.41. The van der Waals surface area contributed by atoms with Crippen molar-refractivity contribution in [1.82, 2.24) is 0 Å². The van der Waals surface area contributed by atoms with Gasteiger partial charge in [-0.3, -0.25) is 0 Å². The zero-order valence-electron chi connectivity index (χ0n) is 10.5. The van der Waals surface area contributed by atoms with Gasteiger partial charge in [0, 0.05) is 17.3 Å². The highest BCUT2D eigenvalue weighted by molar-refractivity contribution is 6.30. The third-order valence-electron chi connectivity index (χ3n) is 2.93. The molecule has 0 aliphatic rings. The van der Waals surface area contributed by atoms with Gasteiger partial charge in [-0.15, -0.1) is 0 Å². The molecule has 0 aliphatic heterocycles. The van der Waals surface area contributed by atoms with Crippen molar-refractivity contribution in [2.75, 3.05) is 11.9 Å². The highest BCUT2D eigenvalue weighted by atomic mass is 35.5. The average Bonchev–Trinajstić information content (AvgIpc) is 2.40. The first-order chi connectivity index (χ1) is 9.06. The molecule has 2 nitrogen and oxygen atoms in total. The Morgan fingerprint density at radius 2 is 1.89 bits per heavy atom. The van der Waals surface area contributed by atoms with Crippen molar-refractivity contribution in [3.8, 4) is 0 Å². The molecule has 1 unspecified atom stereocenters. The van der Waals surface area contributed by atoms with Gasteiger partial charge in [0.2, 0.25) is 0 Å². The first-order valence-electron chi connectivity index (χ1n) is 6.00. The molecule has 19 heavy (non-hydrogen) atoms. The lowest BCUT2D eigenvalue weighted by Gasteiger charge is -2.13. The van der Waals surface area contributed by atoms with E-state index in [0.717, 1.165) is 5.56 Å². The fourth-order valence-corrected chi connectivity index (χ4v) is 1.85. The van der Waals surface area contributed by atoms with E-state index < -0.39 is 6.10 Å². The van der Waals surface area contributed by atoms with Gasteiger partial charge in [0.05, 0.1) is 6.10 Å². The molecule has 2 aromatic rings. The number of anilines is 1. The first kappa shape index (κ1) is 13.8. The molecule has 100 valence electrons. The van der Waals surface area contributed by atoms with Crippen LogP contribution in [0.3, 0.4) is 0 Å². The summed E-state index contributed by atoms with van der Waals surface area (Å²) in [5.74, 6) is -0.258. The predicted octanol–water partition coefficient (Wildman–Crippen LogP) is 3.93. The molecule has 0 saturated heterocycles. The van der Waals surface area contributed by atoms with Crippen molar-refractivity contribution >= 4 is 17.3 Å². The molecule has 0 spiro atoms. The van der Waals surface area contributed by atoms with Crippen LogP contribution in [-0.4, -0.2) is 11.7 Å². The van der Waals surface area contributed by atoms with E-state index in [2.05, 4.69) is 5.32 Å². The molecule has 0 fully saturated rings. The molecule has 0 aliphatic carbocycles. The van der Waals surface area contributed by atoms with E-state index in [-0.39, 0.29) is 5.82 Å². The Bertz CT molecular complexity index is 557. The number of nitrogens with one attached hydrogen (secondary N) is 1. The highest BCUT2D eigenvalue weighted by Crippen LogP contribution is 2.18. The predicted molar refractivity (Wildman–Crippen MR) is 76.0 cm³/mol. The maximum absolute atomic E-state index is 13.4. The second-order valence-corrected chi connectivity index (χ2v) is 4.85. The Morgan fingerprint density at radius 1 is 1.21 bits per heavy atom. The number of rotatable bonds is 4. The van der Waals surface area contributed by atoms with Gasteiger partial charge in [-0.2, -0.15) is 0 Å². The molecule has 4 heteroatoms. The minimum atomic E-state index is -0.665. The van der Waals surface area contributed by atoms with E-state index in [9.17, 15) is 9.50 Å². The van der Waals surface area contributed by atoms with Gasteiger partial charge in [0.15, 0.2) is 0 Å². The summed E-state index contributed by atoms with van der Waals surface area (Å²) in [4.78, 5) is 0. The van der Waals surface area contributed by atoms with Crippen molar-refractivity contribution in [1.29, 1.82) is 0 Å². The smallest absolute Gasteiger partial charge is 0.128 e. The molecular weight excluding hydrogens is 265 g/mol. The normalized spacial score (nSPS) is 12.2. The Morgan fingerprint density at radius 3 is 2.53 bits per heavy atom. The molecule has 2 aromatic carbocycles. The monoisotopic (exact) mass is 279 g/mol. The molecule has 0 heterocycles. The van der Waals surface area contributed by atoms with Gasteiger partial charge in [-0.1, -0.05) is 29.8 Å². The van der Waals surface area contributed by atoms with Crippen LogP contribution in [0.25, 0.3) is 0 Å². The van der Waals surface area contributed by atoms with E-state index in [0.29, 0.717) is 22.8 Å². The third-order valence-corrected chi connectivity index (χ3v) is 3.18. The van der Waals surface area contributed by atoms with E-state index in [1.165, 1.54) is 6.07 Å². The van der Waals surface area contributed by atoms with Gasteiger partial charge in [-0.25, -0.2) is 4.39 Å². The van der Waals surface area contributed by atoms with Crippen LogP contribution in [0.4, 0.5) is 10.1 Å². The van der Waals surface area contributed by atoms with Gasteiger partial charge in [0.1, 0.15) is 5.82 Å². The maximum atomic E-state index is 13.4. The van der Waals surface area contributed by atoms with Crippen LogP contribution in [0.1, 0.15) is 17.2 Å². The number of halogens is 2. The van der Waals surface area contributed by atoms with E-state index in [1.54, 1.807) is 43.3 Å². The summed E-state index contributed by atoms with van der Waals surface area (Å²) in [5, 5.41) is 13.6. The number of hydrogen-bond donors (Lipinski definition) is 2. The standard InChI is InChI=1S/C15H15ClFNO/c1-10-2-7-13(8-14(10)17)18-9-15(19)11-3-5-12(16)6-4-11/h2-8,15,18-19H,9H2,1H3. The van der Waals surface area contributed by atoms with E-state index in [1.807, 2.05) is 0 Å². The number of aliphatic hydroxyl groups excluding tert-OH is 1. The number of aliphatic hydroxyl groups is 1.